The summed E-state index contributed by atoms with van der Waals surface area (Å²) in [6.45, 7) is 0.255. The van der Waals surface area contributed by atoms with Crippen LogP contribution in [0.3, 0.4) is 0 Å². The number of nitro benzene ring substituents is 2. The summed E-state index contributed by atoms with van der Waals surface area (Å²) >= 11 is 0. The lowest BCUT2D eigenvalue weighted by molar-refractivity contribution is -0.385. The Morgan fingerprint density at radius 2 is 1.75 bits per heavy atom. The molecule has 0 aromatic heterocycles. The Labute approximate surface area is 177 Å². The van der Waals surface area contributed by atoms with Gasteiger partial charge in [-0.25, -0.2) is 4.79 Å². The maximum atomic E-state index is 13.2. The zero-order valence-corrected chi connectivity index (χ0v) is 16.1. The van der Waals surface area contributed by atoms with Crippen LogP contribution in [0.4, 0.5) is 30.2 Å². The number of halogens is 3. The average Bonchev–Trinajstić information content (AvgIpc) is 2.71. The summed E-state index contributed by atoms with van der Waals surface area (Å²) in [4.78, 5) is 43.9. The maximum absolute atomic E-state index is 13.2. The van der Waals surface area contributed by atoms with E-state index in [1.165, 1.54) is 18.2 Å². The molecule has 1 N–H and O–H groups in total. The first-order chi connectivity index (χ1) is 14.9. The molecule has 0 aliphatic rings. The van der Waals surface area contributed by atoms with E-state index >= 15 is 0 Å². The second-order valence-corrected chi connectivity index (χ2v) is 6.12. The van der Waals surface area contributed by atoms with Crippen LogP contribution in [0.15, 0.2) is 42.5 Å². The van der Waals surface area contributed by atoms with E-state index in [2.05, 4.69) is 0 Å². The quantitative estimate of drug-likeness (QED) is 0.359. The third kappa shape index (κ3) is 6.13. The van der Waals surface area contributed by atoms with E-state index < -0.39 is 63.2 Å². The van der Waals surface area contributed by atoms with E-state index in [1.807, 2.05) is 5.32 Å². The summed E-state index contributed by atoms with van der Waals surface area (Å²) < 4.78 is 49.3. The number of esters is 1. The minimum Gasteiger partial charge on any atom is -0.475 e. The van der Waals surface area contributed by atoms with Gasteiger partial charge in [-0.2, -0.15) is 13.2 Å². The van der Waals surface area contributed by atoms with Crippen molar-refractivity contribution < 1.29 is 42.1 Å². The second-order valence-electron chi connectivity index (χ2n) is 6.12. The monoisotopic (exact) mass is 457 g/mol. The lowest BCUT2D eigenvalue weighted by atomic mass is 10.1. The van der Waals surface area contributed by atoms with Gasteiger partial charge in [0.25, 0.3) is 11.6 Å². The van der Waals surface area contributed by atoms with Crippen molar-refractivity contribution in [2.45, 2.75) is 19.2 Å². The van der Waals surface area contributed by atoms with Crippen molar-refractivity contribution in [3.63, 3.8) is 0 Å². The van der Waals surface area contributed by atoms with Crippen molar-refractivity contribution in [1.29, 1.82) is 0 Å². The number of benzene rings is 2. The molecule has 2 aromatic carbocycles. The van der Waals surface area contributed by atoms with Gasteiger partial charge in [0.1, 0.15) is 0 Å². The van der Waals surface area contributed by atoms with Gasteiger partial charge < -0.3 is 14.8 Å². The summed E-state index contributed by atoms with van der Waals surface area (Å²) in [5, 5.41) is 23.5. The number of non-ortho nitro benzene ring substituents is 1. The fourth-order valence-electron chi connectivity index (χ4n) is 2.38. The van der Waals surface area contributed by atoms with Crippen molar-refractivity contribution in [3.8, 4) is 5.75 Å². The van der Waals surface area contributed by atoms with Gasteiger partial charge in [-0.15, -0.1) is 0 Å². The molecule has 0 aliphatic heterocycles. The third-order valence-electron chi connectivity index (χ3n) is 3.86. The molecule has 1 unspecified atom stereocenters. The zero-order chi connectivity index (χ0) is 24.1. The number of hydrogen-bond donors (Lipinski definition) is 1. The summed E-state index contributed by atoms with van der Waals surface area (Å²) in [5.74, 6) is -2.50. The fraction of sp³-hybridized carbons (Fsp3) is 0.222. The van der Waals surface area contributed by atoms with Crippen molar-refractivity contribution >= 4 is 28.9 Å². The number of alkyl halides is 3. The van der Waals surface area contributed by atoms with Gasteiger partial charge in [-0.05, 0) is 19.1 Å². The molecule has 170 valence electrons. The Kier molecular flexibility index (Phi) is 7.30. The molecule has 14 heteroatoms. The molecule has 2 rings (SSSR count). The predicted octanol–water partition coefficient (Wildman–Crippen LogP) is 3.47. The lowest BCUT2D eigenvalue weighted by Crippen LogP contribution is -2.32. The van der Waals surface area contributed by atoms with Crippen LogP contribution in [0.2, 0.25) is 0 Å². The van der Waals surface area contributed by atoms with Crippen LogP contribution in [-0.2, 0) is 20.5 Å². The Bertz CT molecular complexity index is 1060. The summed E-state index contributed by atoms with van der Waals surface area (Å²) in [6.07, 6.45) is -6.58. The van der Waals surface area contributed by atoms with Gasteiger partial charge in [0, 0.05) is 18.2 Å². The van der Waals surface area contributed by atoms with Crippen LogP contribution in [0, 0.1) is 20.2 Å². The predicted molar refractivity (Wildman–Crippen MR) is 101 cm³/mol. The number of nitro groups is 2. The molecule has 1 amide bonds. The van der Waals surface area contributed by atoms with E-state index in [4.69, 9.17) is 9.47 Å². The topological polar surface area (TPSA) is 151 Å². The summed E-state index contributed by atoms with van der Waals surface area (Å²) in [7, 11) is 0. The molecule has 0 radical (unpaired) electrons. The Morgan fingerprint density at radius 1 is 1.09 bits per heavy atom. The first-order valence-electron chi connectivity index (χ1n) is 8.62. The number of rotatable bonds is 8. The number of anilines is 1. The number of nitrogens with one attached hydrogen (secondary N) is 1. The Balaban J connectivity index is 2.03. The molecule has 2 aromatic rings. The number of carbonyl (C=O) groups is 2. The molecule has 0 fully saturated rings. The van der Waals surface area contributed by atoms with Crippen molar-refractivity contribution in [2.75, 3.05) is 11.9 Å². The molecular weight excluding hydrogens is 443 g/mol. The van der Waals surface area contributed by atoms with Crippen LogP contribution in [-0.4, -0.2) is 34.4 Å². The molecule has 0 spiro atoms. The van der Waals surface area contributed by atoms with Crippen LogP contribution < -0.4 is 10.1 Å². The van der Waals surface area contributed by atoms with Gasteiger partial charge in [-0.1, -0.05) is 12.1 Å². The first kappa shape index (κ1) is 24.0. The van der Waals surface area contributed by atoms with Crippen LogP contribution in [0.25, 0.3) is 0 Å². The number of amides is 1. The normalized spacial score (nSPS) is 11.9. The highest BCUT2D eigenvalue weighted by Crippen LogP contribution is 2.37. The van der Waals surface area contributed by atoms with Gasteiger partial charge in [0.15, 0.2) is 18.5 Å². The molecule has 0 aliphatic carbocycles. The van der Waals surface area contributed by atoms with Gasteiger partial charge in [0.05, 0.1) is 21.1 Å². The minimum absolute atomic E-state index is 0.229. The fourth-order valence-corrected chi connectivity index (χ4v) is 2.38. The molecule has 11 nitrogen and oxygen atoms in total. The highest BCUT2D eigenvalue weighted by atomic mass is 19.4. The smallest absolute Gasteiger partial charge is 0.418 e. The largest absolute Gasteiger partial charge is 0.475 e. The number of para-hydroxylation sites is 2. The van der Waals surface area contributed by atoms with E-state index in [1.54, 1.807) is 0 Å². The van der Waals surface area contributed by atoms with Crippen molar-refractivity contribution in [3.05, 3.63) is 68.3 Å². The van der Waals surface area contributed by atoms with Crippen molar-refractivity contribution in [1.82, 2.24) is 0 Å². The van der Waals surface area contributed by atoms with Crippen LogP contribution >= 0.6 is 0 Å². The number of nitrogens with zero attached hydrogens (tertiary/aromatic N) is 2. The van der Waals surface area contributed by atoms with E-state index in [9.17, 15) is 43.0 Å². The number of hydrogen-bond acceptors (Lipinski definition) is 8. The minimum atomic E-state index is -5.01. The molecule has 0 saturated carbocycles. The average molecular weight is 457 g/mol. The first-order valence-corrected chi connectivity index (χ1v) is 8.62. The van der Waals surface area contributed by atoms with Gasteiger partial charge in [-0.3, -0.25) is 25.0 Å². The van der Waals surface area contributed by atoms with E-state index in [0.717, 1.165) is 19.1 Å². The summed E-state index contributed by atoms with van der Waals surface area (Å²) in [5.41, 5.74) is -3.48. The molecule has 0 bridgehead atoms. The zero-order valence-electron chi connectivity index (χ0n) is 16.1. The molecule has 1 atom stereocenters. The number of carbonyl (C=O) groups excluding carboxylic acids is 2. The van der Waals surface area contributed by atoms with Crippen LogP contribution in [0.1, 0.15) is 12.5 Å². The standard InChI is InChI=1S/C18H14F3N3O8/c1-10(32-16(25)9-31-15-5-3-2-4-14(15)24(29)30)17(26)22-13-7-6-11(23(27)28)8-12(13)18(19,20)21/h2-8,10H,9H2,1H3,(H,22,26). The Hall–Kier alpha value is -4.23. The molecule has 32 heavy (non-hydrogen) atoms. The molecule has 0 saturated heterocycles. The SMILES string of the molecule is CC(OC(=O)COc1ccccc1[N+](=O)[O-])C(=O)Nc1ccc([N+](=O)[O-])cc1C(F)(F)F. The van der Waals surface area contributed by atoms with Crippen LogP contribution in [0.5, 0.6) is 5.75 Å². The highest BCUT2D eigenvalue weighted by Gasteiger charge is 2.36. The second kappa shape index (κ2) is 9.72. The van der Waals surface area contributed by atoms with Gasteiger partial charge >= 0.3 is 17.8 Å². The molecule has 0 heterocycles. The number of ether oxygens (including phenoxy) is 2. The highest BCUT2D eigenvalue weighted by molar-refractivity contribution is 5.96. The van der Waals surface area contributed by atoms with Gasteiger partial charge in [0.2, 0.25) is 0 Å². The molecular formula is C18H14F3N3O8. The Morgan fingerprint density at radius 3 is 2.34 bits per heavy atom. The maximum Gasteiger partial charge on any atom is 0.418 e. The van der Waals surface area contributed by atoms with Crippen molar-refractivity contribution in [2.24, 2.45) is 0 Å². The van der Waals surface area contributed by atoms with E-state index in [-0.39, 0.29) is 11.8 Å². The van der Waals surface area contributed by atoms with E-state index in [0.29, 0.717) is 6.07 Å². The third-order valence-corrected chi connectivity index (χ3v) is 3.86. The lowest BCUT2D eigenvalue weighted by Gasteiger charge is -2.17. The summed E-state index contributed by atoms with van der Waals surface area (Å²) in [6, 6.07) is 6.89.